The SMILES string of the molecule is NC(=O)c1cccc(CN2C(=O)N(Cc3cccc(O)c3)[C@H](CCc3ccccc3)[C@@H](O)C2c2ccccc2)c1. The lowest BCUT2D eigenvalue weighted by Gasteiger charge is -2.49. The minimum Gasteiger partial charge on any atom is -0.508 e. The summed E-state index contributed by atoms with van der Waals surface area (Å²) in [5.41, 5.74) is 9.33. The molecule has 3 atom stereocenters. The number of phenolic OH excluding ortho intramolecular Hbond substituents is 1. The number of nitrogens with zero attached hydrogens (tertiary/aromatic N) is 2. The van der Waals surface area contributed by atoms with E-state index < -0.39 is 24.1 Å². The van der Waals surface area contributed by atoms with E-state index >= 15 is 0 Å². The van der Waals surface area contributed by atoms with Gasteiger partial charge in [0, 0.05) is 18.7 Å². The molecule has 7 nitrogen and oxygen atoms in total. The van der Waals surface area contributed by atoms with Gasteiger partial charge in [0.15, 0.2) is 0 Å². The first-order valence-corrected chi connectivity index (χ1v) is 13.4. The van der Waals surface area contributed by atoms with Crippen molar-refractivity contribution in [3.05, 3.63) is 137 Å². The van der Waals surface area contributed by atoms with E-state index in [-0.39, 0.29) is 24.9 Å². The van der Waals surface area contributed by atoms with E-state index in [0.717, 1.165) is 22.3 Å². The van der Waals surface area contributed by atoms with Crippen LogP contribution in [0.5, 0.6) is 5.75 Å². The molecule has 5 rings (SSSR count). The molecule has 1 fully saturated rings. The number of hydrogen-bond donors (Lipinski definition) is 3. The van der Waals surface area contributed by atoms with Crippen LogP contribution in [0.2, 0.25) is 0 Å². The fraction of sp³-hybridized carbons (Fsp3) is 0.212. The summed E-state index contributed by atoms with van der Waals surface area (Å²) >= 11 is 0. The van der Waals surface area contributed by atoms with Crippen LogP contribution >= 0.6 is 0 Å². The zero-order valence-corrected chi connectivity index (χ0v) is 22.1. The number of carbonyl (C=O) groups is 2. The van der Waals surface area contributed by atoms with Crippen molar-refractivity contribution in [3.63, 3.8) is 0 Å². The third-order valence-corrected chi connectivity index (χ3v) is 7.49. The number of aryl methyl sites for hydroxylation is 1. The molecule has 0 radical (unpaired) electrons. The number of primary amides is 1. The van der Waals surface area contributed by atoms with Gasteiger partial charge in [0.1, 0.15) is 5.75 Å². The van der Waals surface area contributed by atoms with Crippen molar-refractivity contribution in [3.8, 4) is 5.75 Å². The molecule has 7 heteroatoms. The number of amides is 3. The van der Waals surface area contributed by atoms with Gasteiger partial charge in [0.05, 0.1) is 18.2 Å². The fourth-order valence-corrected chi connectivity index (χ4v) is 5.54. The van der Waals surface area contributed by atoms with E-state index in [1.165, 1.54) is 0 Å². The first-order chi connectivity index (χ1) is 19.4. The molecule has 1 saturated heterocycles. The molecule has 4 aromatic rings. The number of aliphatic hydroxyl groups excluding tert-OH is 1. The molecule has 0 spiro atoms. The minimum atomic E-state index is -0.902. The van der Waals surface area contributed by atoms with E-state index in [1.807, 2.05) is 72.8 Å². The monoisotopic (exact) mass is 535 g/mol. The topological polar surface area (TPSA) is 107 Å². The summed E-state index contributed by atoms with van der Waals surface area (Å²) in [6.07, 6.45) is 0.346. The van der Waals surface area contributed by atoms with Gasteiger partial charge in [-0.2, -0.15) is 0 Å². The molecule has 1 aliphatic heterocycles. The third kappa shape index (κ3) is 6.00. The van der Waals surface area contributed by atoms with Gasteiger partial charge in [-0.1, -0.05) is 84.9 Å². The van der Waals surface area contributed by atoms with Gasteiger partial charge in [0.25, 0.3) is 0 Å². The molecule has 0 saturated carbocycles. The molecule has 1 heterocycles. The third-order valence-electron chi connectivity index (χ3n) is 7.49. The van der Waals surface area contributed by atoms with Gasteiger partial charge >= 0.3 is 6.03 Å². The number of hydrogen-bond acceptors (Lipinski definition) is 4. The Kier molecular flexibility index (Phi) is 8.12. The van der Waals surface area contributed by atoms with E-state index in [0.29, 0.717) is 18.4 Å². The molecule has 4 aromatic carbocycles. The molecular formula is C33H33N3O4. The van der Waals surface area contributed by atoms with Crippen molar-refractivity contribution in [1.82, 2.24) is 9.80 Å². The Balaban J connectivity index is 1.54. The zero-order chi connectivity index (χ0) is 28.1. The highest BCUT2D eigenvalue weighted by molar-refractivity contribution is 5.92. The number of carbonyl (C=O) groups excluding carboxylic acids is 2. The highest BCUT2D eigenvalue weighted by atomic mass is 16.3. The summed E-state index contributed by atoms with van der Waals surface area (Å²) in [5, 5.41) is 22.1. The molecule has 0 aliphatic carbocycles. The second kappa shape index (κ2) is 12.1. The smallest absolute Gasteiger partial charge is 0.321 e. The highest BCUT2D eigenvalue weighted by Gasteiger charge is 2.46. The minimum absolute atomic E-state index is 0.116. The number of urea groups is 1. The molecule has 1 aliphatic rings. The summed E-state index contributed by atoms with van der Waals surface area (Å²) < 4.78 is 0. The van der Waals surface area contributed by atoms with Crippen LogP contribution in [-0.2, 0) is 19.5 Å². The maximum absolute atomic E-state index is 14.4. The van der Waals surface area contributed by atoms with Gasteiger partial charge in [-0.25, -0.2) is 4.79 Å². The van der Waals surface area contributed by atoms with Crippen LogP contribution < -0.4 is 5.73 Å². The molecule has 3 amide bonds. The molecule has 204 valence electrons. The van der Waals surface area contributed by atoms with Crippen molar-refractivity contribution >= 4 is 11.9 Å². The molecule has 0 bridgehead atoms. The summed E-state index contributed by atoms with van der Waals surface area (Å²) in [5.74, 6) is -0.427. The predicted octanol–water partition coefficient (Wildman–Crippen LogP) is 5.03. The van der Waals surface area contributed by atoms with Crippen molar-refractivity contribution in [2.75, 3.05) is 0 Å². The number of aromatic hydroxyl groups is 1. The second-order valence-corrected chi connectivity index (χ2v) is 10.2. The van der Waals surface area contributed by atoms with Gasteiger partial charge in [-0.05, 0) is 59.4 Å². The van der Waals surface area contributed by atoms with Crippen LogP contribution in [-0.4, -0.2) is 44.1 Å². The Morgan fingerprint density at radius 2 is 1.35 bits per heavy atom. The van der Waals surface area contributed by atoms with Crippen LogP contribution in [0.1, 0.15) is 45.1 Å². The van der Waals surface area contributed by atoms with Crippen molar-refractivity contribution in [2.45, 2.75) is 44.1 Å². The summed E-state index contributed by atoms with van der Waals surface area (Å²) in [4.78, 5) is 29.6. The Labute approximate surface area is 234 Å². The Hall–Kier alpha value is -4.62. The standard InChI is InChI=1S/C33H33N3O4/c34-32(39)27-15-7-11-24(19-27)22-36-30(26-13-5-2-6-14-26)31(38)29(18-17-23-9-3-1-4-10-23)35(33(36)40)21-25-12-8-16-28(37)20-25/h1-16,19-20,29-31,37-38H,17-18,21-22H2,(H2,34,39)/t29-,30?,31-/m1/s1. The van der Waals surface area contributed by atoms with Crippen LogP contribution in [0.3, 0.4) is 0 Å². The number of aliphatic hydroxyl groups is 1. The zero-order valence-electron chi connectivity index (χ0n) is 22.1. The predicted molar refractivity (Wildman–Crippen MR) is 153 cm³/mol. The average Bonchev–Trinajstić information content (AvgIpc) is 2.96. The lowest BCUT2D eigenvalue weighted by Crippen LogP contribution is -2.61. The fourth-order valence-electron chi connectivity index (χ4n) is 5.54. The van der Waals surface area contributed by atoms with E-state index in [4.69, 9.17) is 5.73 Å². The molecule has 4 N–H and O–H groups in total. The van der Waals surface area contributed by atoms with E-state index in [2.05, 4.69) is 0 Å². The van der Waals surface area contributed by atoms with Gasteiger partial charge in [-0.3, -0.25) is 4.79 Å². The van der Waals surface area contributed by atoms with Crippen LogP contribution in [0, 0.1) is 0 Å². The Morgan fingerprint density at radius 1 is 0.750 bits per heavy atom. The van der Waals surface area contributed by atoms with Gasteiger partial charge in [0.2, 0.25) is 5.91 Å². The Morgan fingerprint density at radius 3 is 2.02 bits per heavy atom. The number of rotatable bonds is 9. The highest BCUT2D eigenvalue weighted by Crippen LogP contribution is 2.37. The Bertz CT molecular complexity index is 1460. The van der Waals surface area contributed by atoms with E-state index in [1.54, 1.807) is 46.2 Å². The largest absolute Gasteiger partial charge is 0.508 e. The first-order valence-electron chi connectivity index (χ1n) is 13.4. The van der Waals surface area contributed by atoms with Crippen LogP contribution in [0.15, 0.2) is 109 Å². The first kappa shape index (κ1) is 27.0. The molecule has 40 heavy (non-hydrogen) atoms. The van der Waals surface area contributed by atoms with Crippen LogP contribution in [0.4, 0.5) is 4.79 Å². The van der Waals surface area contributed by atoms with Crippen molar-refractivity contribution < 1.29 is 19.8 Å². The molecule has 1 unspecified atom stereocenters. The lowest BCUT2D eigenvalue weighted by molar-refractivity contribution is -0.0470. The van der Waals surface area contributed by atoms with Gasteiger partial charge < -0.3 is 25.7 Å². The number of phenols is 1. The number of benzene rings is 4. The average molecular weight is 536 g/mol. The maximum Gasteiger partial charge on any atom is 0.321 e. The number of nitrogens with two attached hydrogens (primary N) is 1. The van der Waals surface area contributed by atoms with Crippen LogP contribution in [0.25, 0.3) is 0 Å². The maximum atomic E-state index is 14.4. The van der Waals surface area contributed by atoms with Crippen molar-refractivity contribution in [2.24, 2.45) is 5.73 Å². The van der Waals surface area contributed by atoms with E-state index in [9.17, 15) is 19.8 Å². The normalized spacial score (nSPS) is 19.0. The summed E-state index contributed by atoms with van der Waals surface area (Å²) in [6, 6.07) is 32.0. The van der Waals surface area contributed by atoms with Crippen molar-refractivity contribution in [1.29, 1.82) is 0 Å². The summed E-state index contributed by atoms with van der Waals surface area (Å²) in [7, 11) is 0. The lowest BCUT2D eigenvalue weighted by atomic mass is 9.87. The molecular weight excluding hydrogens is 502 g/mol. The second-order valence-electron chi connectivity index (χ2n) is 10.2. The summed E-state index contributed by atoms with van der Waals surface area (Å²) in [6.45, 7) is 0.404. The van der Waals surface area contributed by atoms with Gasteiger partial charge in [-0.15, -0.1) is 0 Å². The molecule has 0 aromatic heterocycles. The quantitative estimate of drug-likeness (QED) is 0.279.